The van der Waals surface area contributed by atoms with Gasteiger partial charge < -0.3 is 18.9 Å². The summed E-state index contributed by atoms with van der Waals surface area (Å²) in [6, 6.07) is 14.2. The first kappa shape index (κ1) is 18.3. The molecule has 1 fully saturated rings. The lowest BCUT2D eigenvalue weighted by atomic mass is 10.1. The number of ether oxygens (including phenoxy) is 1. The second kappa shape index (κ2) is 7.92. The Morgan fingerprint density at radius 3 is 2.71 bits per heavy atom. The second-order valence-electron chi connectivity index (χ2n) is 7.28. The van der Waals surface area contributed by atoms with Crippen molar-refractivity contribution in [2.75, 3.05) is 31.6 Å². The number of carbonyl (C=O) groups is 1. The Morgan fingerprint density at radius 2 is 2.00 bits per heavy atom. The highest BCUT2D eigenvalue weighted by Crippen LogP contribution is 2.22. The number of aryl methyl sites for hydroxylation is 1. The number of pyridine rings is 1. The predicted molar refractivity (Wildman–Crippen MR) is 110 cm³/mol. The molecule has 1 unspecified atom stereocenters. The van der Waals surface area contributed by atoms with Crippen LogP contribution in [0.2, 0.25) is 0 Å². The highest BCUT2D eigenvalue weighted by Gasteiger charge is 2.27. The maximum atomic E-state index is 12.8. The van der Waals surface area contributed by atoms with E-state index in [0.29, 0.717) is 12.8 Å². The van der Waals surface area contributed by atoms with Gasteiger partial charge in [0.15, 0.2) is 0 Å². The summed E-state index contributed by atoms with van der Waals surface area (Å²) in [5.41, 5.74) is 3.06. The molecule has 0 saturated carbocycles. The molecule has 0 spiro atoms. The van der Waals surface area contributed by atoms with E-state index in [1.165, 1.54) is 5.69 Å². The number of fused-ring (bicyclic) bond motifs is 1. The second-order valence-corrected chi connectivity index (χ2v) is 7.28. The van der Waals surface area contributed by atoms with Crippen LogP contribution in [-0.4, -0.2) is 53.0 Å². The smallest absolute Gasteiger partial charge is 0.223 e. The zero-order valence-electron chi connectivity index (χ0n) is 16.4. The Morgan fingerprint density at radius 1 is 1.18 bits per heavy atom. The third-order valence-corrected chi connectivity index (χ3v) is 5.39. The van der Waals surface area contributed by atoms with Gasteiger partial charge in [0.05, 0.1) is 12.8 Å². The lowest BCUT2D eigenvalue weighted by Crippen LogP contribution is -2.54. The van der Waals surface area contributed by atoms with E-state index >= 15 is 0 Å². The molecule has 1 aliphatic rings. The van der Waals surface area contributed by atoms with Gasteiger partial charge in [0, 0.05) is 50.2 Å². The maximum absolute atomic E-state index is 12.8. The van der Waals surface area contributed by atoms with Crippen LogP contribution in [0.1, 0.15) is 19.0 Å². The fourth-order valence-electron chi connectivity index (χ4n) is 3.84. The molecule has 3 aromatic rings. The number of methoxy groups -OCH3 is 1. The molecule has 0 N–H and O–H groups in total. The van der Waals surface area contributed by atoms with Gasteiger partial charge in [-0.25, -0.2) is 4.98 Å². The first-order chi connectivity index (χ1) is 13.6. The number of benzene rings is 1. The minimum atomic E-state index is 0.185. The number of nitrogens with zero attached hydrogens (tertiary/aromatic N) is 4. The van der Waals surface area contributed by atoms with Crippen molar-refractivity contribution in [2.45, 2.75) is 25.8 Å². The largest absolute Gasteiger partial charge is 0.497 e. The normalized spacial score (nSPS) is 17.1. The molecule has 0 bridgehead atoms. The van der Waals surface area contributed by atoms with E-state index in [9.17, 15) is 4.79 Å². The minimum absolute atomic E-state index is 0.185. The van der Waals surface area contributed by atoms with Crippen LogP contribution in [-0.2, 0) is 11.2 Å². The zero-order valence-corrected chi connectivity index (χ0v) is 16.4. The van der Waals surface area contributed by atoms with Gasteiger partial charge in [-0.05, 0) is 49.7 Å². The Hall–Kier alpha value is -3.02. The van der Waals surface area contributed by atoms with E-state index in [1.54, 1.807) is 7.11 Å². The fourth-order valence-corrected chi connectivity index (χ4v) is 3.84. The highest BCUT2D eigenvalue weighted by atomic mass is 16.5. The van der Waals surface area contributed by atoms with Gasteiger partial charge >= 0.3 is 0 Å². The van der Waals surface area contributed by atoms with Crippen LogP contribution < -0.4 is 9.64 Å². The van der Waals surface area contributed by atoms with Gasteiger partial charge in [0.2, 0.25) is 5.91 Å². The summed E-state index contributed by atoms with van der Waals surface area (Å²) in [4.78, 5) is 21.7. The number of amides is 1. The lowest BCUT2D eigenvalue weighted by molar-refractivity contribution is -0.133. The Bertz CT molecular complexity index is 918. The molecule has 2 aromatic heterocycles. The van der Waals surface area contributed by atoms with E-state index in [-0.39, 0.29) is 11.9 Å². The van der Waals surface area contributed by atoms with Gasteiger partial charge in [-0.3, -0.25) is 4.79 Å². The van der Waals surface area contributed by atoms with Crippen molar-refractivity contribution in [2.24, 2.45) is 0 Å². The van der Waals surface area contributed by atoms with Gasteiger partial charge in [-0.15, -0.1) is 0 Å². The standard InChI is InChI=1S/C22H26N4O2/c1-17-15-24(19-7-9-20(28-2)10-8-19)13-14-26(17)22(27)11-6-18-16-25-12-4-3-5-21(25)23-18/h3-5,7-10,12,16-17H,6,11,13-15H2,1-2H3. The van der Waals surface area contributed by atoms with Crippen LogP contribution in [0, 0.1) is 0 Å². The number of rotatable bonds is 5. The molecule has 1 aliphatic heterocycles. The topological polar surface area (TPSA) is 50.1 Å². The van der Waals surface area contributed by atoms with Crippen LogP contribution in [0.15, 0.2) is 54.9 Å². The molecule has 6 heteroatoms. The van der Waals surface area contributed by atoms with Crippen molar-refractivity contribution in [3.05, 3.63) is 60.6 Å². The third kappa shape index (κ3) is 3.81. The third-order valence-electron chi connectivity index (χ3n) is 5.39. The van der Waals surface area contributed by atoms with Crippen molar-refractivity contribution in [1.82, 2.24) is 14.3 Å². The quantitative estimate of drug-likeness (QED) is 0.685. The summed E-state index contributed by atoms with van der Waals surface area (Å²) in [6.07, 6.45) is 5.16. The van der Waals surface area contributed by atoms with E-state index in [1.807, 2.05) is 52.0 Å². The molecule has 1 saturated heterocycles. The Kier molecular flexibility index (Phi) is 5.19. The summed E-state index contributed by atoms with van der Waals surface area (Å²) in [5.74, 6) is 1.07. The van der Waals surface area contributed by atoms with Crippen LogP contribution >= 0.6 is 0 Å². The average Bonchev–Trinajstić information content (AvgIpc) is 3.15. The minimum Gasteiger partial charge on any atom is -0.497 e. The lowest BCUT2D eigenvalue weighted by Gasteiger charge is -2.41. The van der Waals surface area contributed by atoms with Gasteiger partial charge in [-0.2, -0.15) is 0 Å². The fraction of sp³-hybridized carbons (Fsp3) is 0.364. The van der Waals surface area contributed by atoms with E-state index in [0.717, 1.165) is 36.7 Å². The van der Waals surface area contributed by atoms with E-state index in [2.05, 4.69) is 28.9 Å². The molecular formula is C22H26N4O2. The Balaban J connectivity index is 1.33. The molecule has 1 atom stereocenters. The zero-order chi connectivity index (χ0) is 19.5. The van der Waals surface area contributed by atoms with Crippen molar-refractivity contribution >= 4 is 17.2 Å². The highest BCUT2D eigenvalue weighted by molar-refractivity contribution is 5.77. The summed E-state index contributed by atoms with van der Waals surface area (Å²) >= 11 is 0. The predicted octanol–water partition coefficient (Wildman–Crippen LogP) is 3.01. The summed E-state index contributed by atoms with van der Waals surface area (Å²) in [5, 5.41) is 0. The first-order valence-electron chi connectivity index (χ1n) is 9.75. The molecule has 1 amide bonds. The number of imidazole rings is 1. The van der Waals surface area contributed by atoms with Gasteiger partial charge in [-0.1, -0.05) is 6.07 Å². The average molecular weight is 378 g/mol. The SMILES string of the molecule is COc1ccc(N2CCN(C(=O)CCc3cn4ccccc4n3)C(C)C2)cc1. The van der Waals surface area contributed by atoms with E-state index in [4.69, 9.17) is 4.74 Å². The van der Waals surface area contributed by atoms with E-state index < -0.39 is 0 Å². The first-order valence-corrected chi connectivity index (χ1v) is 9.75. The van der Waals surface area contributed by atoms with Crippen LogP contribution in [0.4, 0.5) is 5.69 Å². The van der Waals surface area contributed by atoms with Gasteiger partial charge in [0.1, 0.15) is 11.4 Å². The monoisotopic (exact) mass is 378 g/mol. The summed E-state index contributed by atoms with van der Waals surface area (Å²) in [6.45, 7) is 4.55. The van der Waals surface area contributed by atoms with Crippen LogP contribution in [0.25, 0.3) is 5.65 Å². The molecule has 3 heterocycles. The molecule has 0 aliphatic carbocycles. The molecule has 146 valence electrons. The number of aromatic nitrogens is 2. The summed E-state index contributed by atoms with van der Waals surface area (Å²) in [7, 11) is 1.67. The molecule has 4 rings (SSSR count). The van der Waals surface area contributed by atoms with Crippen molar-refractivity contribution in [1.29, 1.82) is 0 Å². The molecule has 6 nitrogen and oxygen atoms in total. The molecular weight excluding hydrogens is 352 g/mol. The van der Waals surface area contributed by atoms with Crippen molar-refractivity contribution in [3.63, 3.8) is 0 Å². The van der Waals surface area contributed by atoms with Crippen molar-refractivity contribution in [3.8, 4) is 5.75 Å². The van der Waals surface area contributed by atoms with Gasteiger partial charge in [0.25, 0.3) is 0 Å². The number of piperazine rings is 1. The number of anilines is 1. The number of hydrogen-bond acceptors (Lipinski definition) is 4. The number of hydrogen-bond donors (Lipinski definition) is 0. The maximum Gasteiger partial charge on any atom is 0.223 e. The van der Waals surface area contributed by atoms with Crippen molar-refractivity contribution < 1.29 is 9.53 Å². The molecule has 28 heavy (non-hydrogen) atoms. The Labute approximate surface area is 165 Å². The molecule has 1 aromatic carbocycles. The number of carbonyl (C=O) groups excluding carboxylic acids is 1. The molecule has 0 radical (unpaired) electrons. The summed E-state index contributed by atoms with van der Waals surface area (Å²) < 4.78 is 7.23. The van der Waals surface area contributed by atoms with Crippen LogP contribution in [0.3, 0.4) is 0 Å². The van der Waals surface area contributed by atoms with Crippen LogP contribution in [0.5, 0.6) is 5.75 Å².